The summed E-state index contributed by atoms with van der Waals surface area (Å²) in [6.45, 7) is 4.69. The van der Waals surface area contributed by atoms with E-state index in [2.05, 4.69) is 116 Å². The van der Waals surface area contributed by atoms with Crippen LogP contribution in [-0.2, 0) is 18.4 Å². The predicted molar refractivity (Wildman–Crippen MR) is 341 cm³/mol. The van der Waals surface area contributed by atoms with Crippen molar-refractivity contribution in [3.8, 4) is 0 Å². The number of nitrogens with one attached hydrogen (secondary N) is 1. The summed E-state index contributed by atoms with van der Waals surface area (Å²) in [6, 6.07) is -0.869. The molecule has 450 valence electrons. The van der Waals surface area contributed by atoms with E-state index in [1.54, 1.807) is 6.08 Å². The first-order valence-corrected chi connectivity index (χ1v) is 33.8. The quantitative estimate of drug-likeness (QED) is 0.0243. The fraction of sp³-hybridized carbons (Fsp3) is 0.725. The Morgan fingerprint density at radius 2 is 0.782 bits per heavy atom. The second-order valence-electron chi connectivity index (χ2n) is 22.7. The lowest BCUT2D eigenvalue weighted by atomic mass is 10.0. The summed E-state index contributed by atoms with van der Waals surface area (Å²) in [5.41, 5.74) is 0. The van der Waals surface area contributed by atoms with E-state index in [0.29, 0.717) is 17.4 Å². The maximum absolute atomic E-state index is 13.0. The van der Waals surface area contributed by atoms with Crippen LogP contribution in [0.3, 0.4) is 0 Å². The topological polar surface area (TPSA) is 105 Å². The molecule has 0 aromatic heterocycles. The highest BCUT2D eigenvalue weighted by Crippen LogP contribution is 2.43. The maximum Gasteiger partial charge on any atom is 0.472 e. The highest BCUT2D eigenvalue weighted by atomic mass is 31.2. The molecule has 0 rings (SSSR count). The van der Waals surface area contributed by atoms with Crippen LogP contribution in [0.2, 0.25) is 0 Å². The Bertz CT molecular complexity index is 1640. The molecule has 0 bridgehead atoms. The minimum Gasteiger partial charge on any atom is -0.387 e. The van der Waals surface area contributed by atoms with Crippen LogP contribution in [-0.4, -0.2) is 73.4 Å². The molecule has 0 spiro atoms. The Morgan fingerprint density at radius 3 is 1.18 bits per heavy atom. The van der Waals surface area contributed by atoms with Gasteiger partial charge in [-0.3, -0.25) is 13.8 Å². The molecule has 0 radical (unpaired) electrons. The van der Waals surface area contributed by atoms with Gasteiger partial charge in [0.2, 0.25) is 5.91 Å². The number of unbranched alkanes of at least 4 members (excludes halogenated alkanes) is 29. The first kappa shape index (κ1) is 75.2. The van der Waals surface area contributed by atoms with Crippen molar-refractivity contribution >= 4 is 13.7 Å². The minimum atomic E-state index is -4.36. The van der Waals surface area contributed by atoms with Crippen molar-refractivity contribution in [1.82, 2.24) is 5.32 Å². The fourth-order valence-corrected chi connectivity index (χ4v) is 9.72. The molecule has 0 aliphatic rings. The molecule has 0 saturated carbocycles. The molecule has 0 aromatic carbocycles. The van der Waals surface area contributed by atoms with E-state index in [1.165, 1.54) is 167 Å². The number of aliphatic hydroxyl groups excluding tert-OH is 1. The van der Waals surface area contributed by atoms with Gasteiger partial charge in [-0.25, -0.2) is 4.57 Å². The molecule has 0 heterocycles. The zero-order valence-electron chi connectivity index (χ0n) is 51.4. The first-order chi connectivity index (χ1) is 38.0. The smallest absolute Gasteiger partial charge is 0.387 e. The summed E-state index contributed by atoms with van der Waals surface area (Å²) in [7, 11) is 1.55. The highest BCUT2D eigenvalue weighted by Gasteiger charge is 2.27. The number of rotatable bonds is 58. The van der Waals surface area contributed by atoms with Crippen molar-refractivity contribution in [2.75, 3.05) is 40.9 Å². The number of carbonyl (C=O) groups is 1. The molecule has 3 atom stereocenters. The Hall–Kier alpha value is -2.84. The van der Waals surface area contributed by atoms with Crippen LogP contribution in [0.15, 0.2) is 109 Å². The molecule has 0 aliphatic heterocycles. The van der Waals surface area contributed by atoms with Gasteiger partial charge in [0.05, 0.1) is 39.9 Å². The van der Waals surface area contributed by atoms with Crippen LogP contribution in [0, 0.1) is 0 Å². The summed E-state index contributed by atoms with van der Waals surface area (Å²) >= 11 is 0. The fourth-order valence-electron chi connectivity index (χ4n) is 8.98. The van der Waals surface area contributed by atoms with Crippen LogP contribution in [0.5, 0.6) is 0 Å². The van der Waals surface area contributed by atoms with Crippen molar-refractivity contribution in [3.05, 3.63) is 109 Å². The van der Waals surface area contributed by atoms with Gasteiger partial charge in [0.1, 0.15) is 13.2 Å². The molecule has 3 unspecified atom stereocenters. The second-order valence-corrected chi connectivity index (χ2v) is 24.2. The number of hydrogen-bond donors (Lipinski definition) is 3. The van der Waals surface area contributed by atoms with Gasteiger partial charge < -0.3 is 19.8 Å². The molecule has 78 heavy (non-hydrogen) atoms. The largest absolute Gasteiger partial charge is 0.472 e. The van der Waals surface area contributed by atoms with Gasteiger partial charge in [-0.2, -0.15) is 0 Å². The SMILES string of the molecule is CC/C=C\C/C=C\C/C=C\C/C=C\C/C=C\C/C=C\C/C=C\CCCCCCCCCCCCCCCCCC(=O)NC(COP(=O)(O)OCC[N+](C)(C)C)C(O)/C=C/CC/C=C/CCCCCCCCCCCCCCC. The van der Waals surface area contributed by atoms with Crippen LogP contribution in [0.25, 0.3) is 0 Å². The van der Waals surface area contributed by atoms with Gasteiger partial charge in [-0.05, 0) is 89.9 Å². The second kappa shape index (κ2) is 58.8. The molecule has 0 fully saturated rings. The minimum absolute atomic E-state index is 0.0529. The summed E-state index contributed by atoms with van der Waals surface area (Å²) < 4.78 is 23.7. The molecule has 8 nitrogen and oxygen atoms in total. The number of phosphoric ester groups is 1. The Kier molecular flexibility index (Phi) is 56.7. The van der Waals surface area contributed by atoms with Crippen LogP contribution in [0.1, 0.15) is 271 Å². The van der Waals surface area contributed by atoms with Crippen molar-refractivity contribution in [1.29, 1.82) is 0 Å². The number of likely N-dealkylation sites (N-methyl/N-ethyl adjacent to an activating group) is 1. The van der Waals surface area contributed by atoms with E-state index >= 15 is 0 Å². The molecule has 9 heteroatoms. The molecular weight excluding hydrogens is 984 g/mol. The van der Waals surface area contributed by atoms with E-state index in [1.807, 2.05) is 27.2 Å². The van der Waals surface area contributed by atoms with E-state index < -0.39 is 20.0 Å². The Balaban J connectivity index is 4.10. The van der Waals surface area contributed by atoms with Gasteiger partial charge in [0.15, 0.2) is 0 Å². The van der Waals surface area contributed by atoms with Crippen LogP contribution in [0.4, 0.5) is 0 Å². The van der Waals surface area contributed by atoms with Gasteiger partial charge in [-0.15, -0.1) is 0 Å². The molecule has 1 amide bonds. The number of allylic oxidation sites excluding steroid dienone is 17. The summed E-state index contributed by atoms with van der Waals surface area (Å²) in [5.74, 6) is -0.188. The van der Waals surface area contributed by atoms with Gasteiger partial charge in [0.25, 0.3) is 0 Å². The standard InChI is InChI=1S/C69H123N2O6P/c1-6-8-10-12-14-16-18-20-22-24-26-27-28-29-30-31-32-33-34-35-36-37-38-39-40-41-42-43-45-47-49-51-53-55-57-59-61-63-69(73)70-67(66-77-78(74,75)76-65-64-71(3,4)5)68(72)62-60-58-56-54-52-50-48-46-44-25-23-21-19-17-15-13-11-9-7-2/h8,10,14,16,20,22,26-27,29-30,32-33,35-36,52,54,60,62,67-68,72H,6-7,9,11-13,15,17-19,21,23-25,28,31,34,37-51,53,55-59,61,63-66H2,1-5H3,(H-,70,73,74,75)/p+1/b10-8-,16-14-,22-20-,27-26-,30-29-,33-32-,36-35-,54-52+,62-60+. The average molecular weight is 1110 g/mol. The van der Waals surface area contributed by atoms with Crippen molar-refractivity contribution < 1.29 is 32.9 Å². The maximum atomic E-state index is 13.0. The molecule has 0 aliphatic carbocycles. The van der Waals surface area contributed by atoms with Crippen molar-refractivity contribution in [3.63, 3.8) is 0 Å². The predicted octanol–water partition coefficient (Wildman–Crippen LogP) is 20.3. The van der Waals surface area contributed by atoms with E-state index in [-0.39, 0.29) is 19.1 Å². The molecular formula is C69H124N2O6P+. The van der Waals surface area contributed by atoms with Crippen LogP contribution < -0.4 is 5.32 Å². The number of phosphoric acid groups is 1. The molecule has 0 saturated heterocycles. The Morgan fingerprint density at radius 1 is 0.449 bits per heavy atom. The lowest BCUT2D eigenvalue weighted by Gasteiger charge is -2.25. The molecule has 0 aromatic rings. The lowest BCUT2D eigenvalue weighted by Crippen LogP contribution is -2.45. The third kappa shape index (κ3) is 60.8. The zero-order chi connectivity index (χ0) is 57.0. The van der Waals surface area contributed by atoms with Crippen molar-refractivity contribution in [2.24, 2.45) is 0 Å². The zero-order valence-corrected chi connectivity index (χ0v) is 52.3. The van der Waals surface area contributed by atoms with Crippen LogP contribution >= 0.6 is 7.82 Å². The third-order valence-electron chi connectivity index (χ3n) is 14.0. The van der Waals surface area contributed by atoms with Gasteiger partial charge in [-0.1, -0.05) is 284 Å². The molecule has 3 N–H and O–H groups in total. The van der Waals surface area contributed by atoms with Crippen molar-refractivity contribution in [2.45, 2.75) is 283 Å². The lowest BCUT2D eigenvalue weighted by molar-refractivity contribution is -0.870. The summed E-state index contributed by atoms with van der Waals surface area (Å²) in [6.07, 6.45) is 86.4. The average Bonchev–Trinajstić information content (AvgIpc) is 3.41. The Labute approximate surface area is 482 Å². The first-order valence-electron chi connectivity index (χ1n) is 32.3. The van der Waals surface area contributed by atoms with Gasteiger partial charge in [0, 0.05) is 6.42 Å². The number of amides is 1. The van der Waals surface area contributed by atoms with E-state index in [0.717, 1.165) is 83.5 Å². The number of quaternary nitrogens is 1. The number of hydrogen-bond acceptors (Lipinski definition) is 5. The number of carbonyl (C=O) groups excluding carboxylic acids is 1. The van der Waals surface area contributed by atoms with Gasteiger partial charge >= 0.3 is 7.82 Å². The van der Waals surface area contributed by atoms with E-state index in [4.69, 9.17) is 9.05 Å². The summed E-state index contributed by atoms with van der Waals surface area (Å²) in [4.78, 5) is 23.4. The third-order valence-corrected chi connectivity index (χ3v) is 15.0. The summed E-state index contributed by atoms with van der Waals surface area (Å²) in [5, 5.41) is 13.9. The monoisotopic (exact) mass is 1110 g/mol. The highest BCUT2D eigenvalue weighted by molar-refractivity contribution is 7.47. The normalized spacial score (nSPS) is 14.5. The van der Waals surface area contributed by atoms with E-state index in [9.17, 15) is 19.4 Å². The number of nitrogens with zero attached hydrogens (tertiary/aromatic N) is 1. The number of aliphatic hydroxyl groups is 1.